The zero-order valence-electron chi connectivity index (χ0n) is 12.4. The molecule has 5 heteroatoms. The summed E-state index contributed by atoms with van der Waals surface area (Å²) < 4.78 is 5.34. The summed E-state index contributed by atoms with van der Waals surface area (Å²) >= 11 is 0. The van der Waals surface area contributed by atoms with Crippen molar-refractivity contribution in [1.82, 2.24) is 4.90 Å². The molecule has 1 aromatic carbocycles. The van der Waals surface area contributed by atoms with Crippen LogP contribution in [0.15, 0.2) is 30.3 Å². The molecule has 1 aromatic rings. The SMILES string of the molecule is CC1CC(C(=O)O)CC(C)N1C(=O)OCc1ccccc1. The van der Waals surface area contributed by atoms with Crippen LogP contribution >= 0.6 is 0 Å². The van der Waals surface area contributed by atoms with E-state index in [1.807, 2.05) is 44.2 Å². The van der Waals surface area contributed by atoms with Gasteiger partial charge < -0.3 is 14.7 Å². The van der Waals surface area contributed by atoms with Gasteiger partial charge in [0, 0.05) is 12.1 Å². The molecule has 0 aliphatic carbocycles. The number of carboxylic acid groups (broad SMARTS) is 1. The maximum Gasteiger partial charge on any atom is 0.410 e. The number of carboxylic acids is 1. The number of amides is 1. The molecule has 21 heavy (non-hydrogen) atoms. The Morgan fingerprint density at radius 3 is 2.29 bits per heavy atom. The second-order valence-electron chi connectivity index (χ2n) is 5.65. The maximum absolute atomic E-state index is 12.2. The number of piperidine rings is 1. The molecule has 2 unspecified atom stereocenters. The summed E-state index contributed by atoms with van der Waals surface area (Å²) in [6.07, 6.45) is 0.572. The summed E-state index contributed by atoms with van der Waals surface area (Å²) in [5.41, 5.74) is 0.937. The third-order valence-corrected chi connectivity index (χ3v) is 3.97. The molecule has 5 nitrogen and oxygen atoms in total. The molecule has 1 aliphatic rings. The lowest BCUT2D eigenvalue weighted by Gasteiger charge is -2.40. The van der Waals surface area contributed by atoms with Crippen LogP contribution in [-0.2, 0) is 16.1 Å². The monoisotopic (exact) mass is 291 g/mol. The van der Waals surface area contributed by atoms with Gasteiger partial charge in [-0.2, -0.15) is 0 Å². The van der Waals surface area contributed by atoms with Crippen LogP contribution < -0.4 is 0 Å². The van der Waals surface area contributed by atoms with Gasteiger partial charge >= 0.3 is 12.1 Å². The molecule has 2 atom stereocenters. The number of hydrogen-bond donors (Lipinski definition) is 1. The molecule has 1 saturated heterocycles. The predicted molar refractivity (Wildman–Crippen MR) is 77.7 cm³/mol. The first kappa shape index (κ1) is 15.4. The Hall–Kier alpha value is -2.04. The third-order valence-electron chi connectivity index (χ3n) is 3.97. The van der Waals surface area contributed by atoms with E-state index < -0.39 is 5.97 Å². The Kier molecular flexibility index (Phi) is 4.83. The minimum absolute atomic E-state index is 0.127. The highest BCUT2D eigenvalue weighted by atomic mass is 16.6. The van der Waals surface area contributed by atoms with Crippen molar-refractivity contribution in [2.75, 3.05) is 0 Å². The van der Waals surface area contributed by atoms with Crippen LogP contribution in [0.25, 0.3) is 0 Å². The van der Waals surface area contributed by atoms with Gasteiger partial charge in [-0.15, -0.1) is 0 Å². The highest BCUT2D eigenvalue weighted by Gasteiger charge is 2.37. The van der Waals surface area contributed by atoms with E-state index in [1.165, 1.54) is 0 Å². The number of ether oxygens (including phenoxy) is 1. The van der Waals surface area contributed by atoms with Gasteiger partial charge in [-0.25, -0.2) is 4.79 Å². The first-order valence-electron chi connectivity index (χ1n) is 7.21. The lowest BCUT2D eigenvalue weighted by atomic mass is 9.87. The maximum atomic E-state index is 12.2. The molecule has 1 N–H and O–H groups in total. The summed E-state index contributed by atoms with van der Waals surface area (Å²) in [5, 5.41) is 9.12. The van der Waals surface area contributed by atoms with Crippen molar-refractivity contribution in [1.29, 1.82) is 0 Å². The van der Waals surface area contributed by atoms with Crippen molar-refractivity contribution in [2.24, 2.45) is 5.92 Å². The molecule has 0 saturated carbocycles. The van der Waals surface area contributed by atoms with E-state index in [1.54, 1.807) is 4.90 Å². The van der Waals surface area contributed by atoms with E-state index in [0.717, 1.165) is 5.56 Å². The second kappa shape index (κ2) is 6.61. The molecule has 0 aromatic heterocycles. The van der Waals surface area contributed by atoms with Crippen molar-refractivity contribution in [3.63, 3.8) is 0 Å². The smallest absolute Gasteiger partial charge is 0.410 e. The van der Waals surface area contributed by atoms with Crippen molar-refractivity contribution in [2.45, 2.75) is 45.4 Å². The molecular weight excluding hydrogens is 270 g/mol. The predicted octanol–water partition coefficient (Wildman–Crippen LogP) is 2.90. The zero-order chi connectivity index (χ0) is 15.4. The molecule has 1 fully saturated rings. The van der Waals surface area contributed by atoms with Gasteiger partial charge in [0.1, 0.15) is 6.61 Å². The number of rotatable bonds is 3. The topological polar surface area (TPSA) is 66.8 Å². The Bertz CT molecular complexity index is 490. The van der Waals surface area contributed by atoms with Crippen LogP contribution in [0, 0.1) is 5.92 Å². The first-order valence-corrected chi connectivity index (χ1v) is 7.21. The van der Waals surface area contributed by atoms with Gasteiger partial charge in [0.05, 0.1) is 5.92 Å². The van der Waals surface area contributed by atoms with E-state index in [9.17, 15) is 9.59 Å². The number of nitrogens with zero attached hydrogens (tertiary/aromatic N) is 1. The minimum Gasteiger partial charge on any atom is -0.481 e. The number of benzene rings is 1. The highest BCUT2D eigenvalue weighted by molar-refractivity contribution is 5.72. The summed E-state index contributed by atoms with van der Waals surface area (Å²) in [6.45, 7) is 3.97. The Morgan fingerprint density at radius 2 is 1.76 bits per heavy atom. The fourth-order valence-corrected chi connectivity index (χ4v) is 2.94. The molecule has 1 heterocycles. The van der Waals surface area contributed by atoms with Crippen LogP contribution in [0.3, 0.4) is 0 Å². The lowest BCUT2D eigenvalue weighted by molar-refractivity contribution is -0.144. The largest absolute Gasteiger partial charge is 0.481 e. The van der Waals surface area contributed by atoms with E-state index in [-0.39, 0.29) is 30.7 Å². The number of carbonyl (C=O) groups is 2. The Balaban J connectivity index is 1.94. The zero-order valence-corrected chi connectivity index (χ0v) is 12.4. The fraction of sp³-hybridized carbons (Fsp3) is 0.500. The van der Waals surface area contributed by atoms with Crippen LogP contribution in [0.1, 0.15) is 32.3 Å². The molecule has 0 spiro atoms. The number of aliphatic carboxylic acids is 1. The third kappa shape index (κ3) is 3.74. The van der Waals surface area contributed by atoms with Crippen LogP contribution in [0.4, 0.5) is 4.79 Å². The van der Waals surface area contributed by atoms with Crippen LogP contribution in [-0.4, -0.2) is 34.2 Å². The van der Waals surface area contributed by atoms with Gasteiger partial charge in [-0.05, 0) is 32.3 Å². The van der Waals surface area contributed by atoms with Gasteiger partial charge in [0.2, 0.25) is 0 Å². The quantitative estimate of drug-likeness (QED) is 0.930. The van der Waals surface area contributed by atoms with E-state index in [2.05, 4.69) is 0 Å². The summed E-state index contributed by atoms with van der Waals surface area (Å²) in [4.78, 5) is 25.0. The summed E-state index contributed by atoms with van der Waals surface area (Å²) in [5.74, 6) is -1.17. The van der Waals surface area contributed by atoms with Crippen molar-refractivity contribution < 1.29 is 19.4 Å². The molecule has 114 valence electrons. The fourth-order valence-electron chi connectivity index (χ4n) is 2.94. The molecule has 1 amide bonds. The normalized spacial score (nSPS) is 25.4. The van der Waals surface area contributed by atoms with Crippen molar-refractivity contribution >= 4 is 12.1 Å². The number of likely N-dealkylation sites (tertiary alicyclic amines) is 1. The van der Waals surface area contributed by atoms with E-state index in [4.69, 9.17) is 9.84 Å². The Morgan fingerprint density at radius 1 is 1.19 bits per heavy atom. The minimum atomic E-state index is -0.786. The van der Waals surface area contributed by atoms with Crippen LogP contribution in [0.5, 0.6) is 0 Å². The van der Waals surface area contributed by atoms with Crippen LogP contribution in [0.2, 0.25) is 0 Å². The molecular formula is C16H21NO4. The summed E-state index contributed by atoms with van der Waals surface area (Å²) in [6, 6.07) is 9.25. The van der Waals surface area contributed by atoms with E-state index in [0.29, 0.717) is 12.8 Å². The average Bonchev–Trinajstić information content (AvgIpc) is 2.45. The van der Waals surface area contributed by atoms with Gasteiger partial charge in [0.15, 0.2) is 0 Å². The molecule has 0 bridgehead atoms. The Labute approximate surface area is 124 Å². The van der Waals surface area contributed by atoms with Gasteiger partial charge in [-0.1, -0.05) is 30.3 Å². The first-order chi connectivity index (χ1) is 9.99. The highest BCUT2D eigenvalue weighted by Crippen LogP contribution is 2.28. The van der Waals surface area contributed by atoms with Gasteiger partial charge in [0.25, 0.3) is 0 Å². The molecule has 1 aliphatic heterocycles. The average molecular weight is 291 g/mol. The lowest BCUT2D eigenvalue weighted by Crippen LogP contribution is -2.51. The van der Waals surface area contributed by atoms with E-state index >= 15 is 0 Å². The standard InChI is InChI=1S/C16H21NO4/c1-11-8-14(15(18)19)9-12(2)17(11)16(20)21-10-13-6-4-3-5-7-13/h3-7,11-12,14H,8-10H2,1-2H3,(H,18,19). The molecule has 0 radical (unpaired) electrons. The summed E-state index contributed by atoms with van der Waals surface area (Å²) in [7, 11) is 0. The number of hydrogen-bond acceptors (Lipinski definition) is 3. The number of carbonyl (C=O) groups excluding carboxylic acids is 1. The van der Waals surface area contributed by atoms with Crippen molar-refractivity contribution in [3.8, 4) is 0 Å². The molecule has 2 rings (SSSR count). The van der Waals surface area contributed by atoms with Gasteiger partial charge in [-0.3, -0.25) is 4.79 Å². The van der Waals surface area contributed by atoms with Crippen molar-refractivity contribution in [3.05, 3.63) is 35.9 Å². The second-order valence-corrected chi connectivity index (χ2v) is 5.65.